The predicted octanol–water partition coefficient (Wildman–Crippen LogP) is 4.02. The molecule has 5 heteroatoms. The quantitative estimate of drug-likeness (QED) is 0.651. The van der Waals surface area contributed by atoms with Gasteiger partial charge in [-0.2, -0.15) is 5.10 Å². The average Bonchev–Trinajstić information content (AvgIpc) is 2.94. The van der Waals surface area contributed by atoms with Gasteiger partial charge in [0.15, 0.2) is 5.82 Å². The van der Waals surface area contributed by atoms with Crippen LogP contribution < -0.4 is 0 Å². The molecule has 2 aliphatic rings. The van der Waals surface area contributed by atoms with Gasteiger partial charge in [0.05, 0.1) is 17.5 Å². The number of aliphatic imine (C=N–C) groups is 1. The van der Waals surface area contributed by atoms with Crippen molar-refractivity contribution in [2.45, 2.75) is 37.6 Å². The summed E-state index contributed by atoms with van der Waals surface area (Å²) in [5.41, 5.74) is 2.98. The van der Waals surface area contributed by atoms with E-state index in [2.05, 4.69) is 40.0 Å². The summed E-state index contributed by atoms with van der Waals surface area (Å²) in [7, 11) is 0. The highest BCUT2D eigenvalue weighted by molar-refractivity contribution is 6.22. The van der Waals surface area contributed by atoms with Gasteiger partial charge in [-0.25, -0.2) is 11.6 Å². The van der Waals surface area contributed by atoms with Crippen LogP contribution in [-0.4, -0.2) is 27.3 Å². The highest BCUT2D eigenvalue weighted by Crippen LogP contribution is 2.43. The summed E-state index contributed by atoms with van der Waals surface area (Å²) >= 11 is 6.51. The monoisotopic (exact) mass is 300 g/mol. The maximum Gasteiger partial charge on any atom is 0.272 e. The normalized spacial score (nSPS) is 27.9. The van der Waals surface area contributed by atoms with Gasteiger partial charge >= 0.3 is 0 Å². The molecule has 3 unspecified atom stereocenters. The van der Waals surface area contributed by atoms with Crippen LogP contribution in [-0.2, 0) is 0 Å². The van der Waals surface area contributed by atoms with Crippen molar-refractivity contribution >= 4 is 23.1 Å². The van der Waals surface area contributed by atoms with Crippen molar-refractivity contribution in [1.29, 1.82) is 0 Å². The first-order chi connectivity index (χ1) is 10.1. The minimum atomic E-state index is -0.297. The molecule has 108 valence electrons. The molecule has 0 fully saturated rings. The Hall–Kier alpha value is -1.86. The lowest BCUT2D eigenvalue weighted by molar-refractivity contribution is 0.695. The van der Waals surface area contributed by atoms with Crippen LogP contribution in [0.3, 0.4) is 0 Å². The molecule has 0 bridgehead atoms. The summed E-state index contributed by atoms with van der Waals surface area (Å²) in [6.07, 6.45) is 8.71. The molecular formula is C16H17ClN4. The molecule has 0 saturated carbocycles. The fourth-order valence-corrected chi connectivity index (χ4v) is 3.34. The molecule has 0 spiro atoms. The zero-order chi connectivity index (χ0) is 15.0. The highest BCUT2D eigenvalue weighted by atomic mass is 35.5. The number of halogens is 1. The van der Waals surface area contributed by atoms with E-state index >= 15 is 0 Å². The van der Waals surface area contributed by atoms with Crippen LogP contribution in [0.4, 0.5) is 5.82 Å². The molecule has 1 N–H and O–H groups in total. The Morgan fingerprint density at radius 2 is 2.29 bits per heavy atom. The predicted molar refractivity (Wildman–Crippen MR) is 85.1 cm³/mol. The molecule has 2 heterocycles. The minimum absolute atomic E-state index is 0.0569. The summed E-state index contributed by atoms with van der Waals surface area (Å²) in [5.74, 6) is 0.929. The van der Waals surface area contributed by atoms with Crippen molar-refractivity contribution in [1.82, 2.24) is 10.2 Å². The number of alkyl halides is 1. The van der Waals surface area contributed by atoms with E-state index in [4.69, 9.17) is 18.2 Å². The van der Waals surface area contributed by atoms with Gasteiger partial charge in [-0.1, -0.05) is 32.1 Å². The van der Waals surface area contributed by atoms with Crippen molar-refractivity contribution in [3.8, 4) is 0 Å². The van der Waals surface area contributed by atoms with E-state index < -0.39 is 0 Å². The third-order valence-corrected chi connectivity index (χ3v) is 4.49. The van der Waals surface area contributed by atoms with E-state index in [0.717, 1.165) is 29.1 Å². The summed E-state index contributed by atoms with van der Waals surface area (Å²) in [6, 6.07) is -0.297. The molecule has 1 aliphatic carbocycles. The number of hydrogen-bond acceptors (Lipinski definition) is 2. The molecule has 0 amide bonds. The smallest absolute Gasteiger partial charge is 0.272 e. The largest absolute Gasteiger partial charge is 0.306 e. The lowest BCUT2D eigenvalue weighted by Crippen LogP contribution is -2.34. The van der Waals surface area contributed by atoms with Crippen LogP contribution in [0, 0.1) is 12.5 Å². The number of fused-ring (bicyclic) bond motifs is 1. The van der Waals surface area contributed by atoms with Crippen LogP contribution >= 0.6 is 11.6 Å². The fraction of sp³-hybridized carbons (Fsp3) is 0.438. The van der Waals surface area contributed by atoms with Crippen molar-refractivity contribution < 1.29 is 0 Å². The van der Waals surface area contributed by atoms with Crippen LogP contribution in [0.1, 0.15) is 31.7 Å². The molecule has 0 radical (unpaired) electrons. The molecule has 21 heavy (non-hydrogen) atoms. The molecule has 4 nitrogen and oxygen atoms in total. The van der Waals surface area contributed by atoms with Crippen molar-refractivity contribution in [3.63, 3.8) is 0 Å². The number of allylic oxidation sites excluding steroid dienone is 3. The molecule has 1 aliphatic heterocycles. The van der Waals surface area contributed by atoms with Gasteiger partial charge in [-0.05, 0) is 17.9 Å². The van der Waals surface area contributed by atoms with E-state index in [0.29, 0.717) is 0 Å². The molecule has 0 saturated heterocycles. The van der Waals surface area contributed by atoms with Gasteiger partial charge in [-0.15, -0.1) is 11.6 Å². The Balaban J connectivity index is 2.15. The van der Waals surface area contributed by atoms with Crippen molar-refractivity contribution in [2.75, 3.05) is 0 Å². The Bertz CT molecular complexity index is 675. The molecule has 1 aromatic heterocycles. The van der Waals surface area contributed by atoms with Crippen molar-refractivity contribution in [3.05, 3.63) is 47.0 Å². The van der Waals surface area contributed by atoms with Crippen LogP contribution in [0.2, 0.25) is 0 Å². The fourth-order valence-electron chi connectivity index (χ4n) is 3.03. The standard InChI is InChI=1S/C16H17ClN4/c1-9(2)14-15(18-3)13(10-6-4-5-7-12(10)17)11-8-19-21-16(11)20-14/h4-6,8-9,12-13,15H,7H2,1-2H3,(H,19,21). The number of aromatic nitrogens is 2. The molecule has 0 aromatic carbocycles. The van der Waals surface area contributed by atoms with E-state index in [1.165, 1.54) is 0 Å². The second-order valence-corrected chi connectivity index (χ2v) is 6.24. The summed E-state index contributed by atoms with van der Waals surface area (Å²) < 4.78 is 0. The Morgan fingerprint density at radius 1 is 1.48 bits per heavy atom. The first-order valence-corrected chi connectivity index (χ1v) is 7.56. The van der Waals surface area contributed by atoms with Gasteiger partial charge in [0.25, 0.3) is 6.04 Å². The minimum Gasteiger partial charge on any atom is -0.306 e. The Labute approximate surface area is 129 Å². The maximum atomic E-state index is 7.66. The van der Waals surface area contributed by atoms with Gasteiger partial charge in [0.1, 0.15) is 5.71 Å². The van der Waals surface area contributed by atoms with Crippen LogP contribution in [0.5, 0.6) is 0 Å². The van der Waals surface area contributed by atoms with Gasteiger partial charge in [-0.3, -0.25) is 5.10 Å². The lowest BCUT2D eigenvalue weighted by atomic mass is 9.77. The number of aromatic amines is 1. The second kappa shape index (κ2) is 5.50. The molecule has 1 aromatic rings. The van der Waals surface area contributed by atoms with E-state index in [-0.39, 0.29) is 23.3 Å². The number of nitrogens with zero attached hydrogens (tertiary/aromatic N) is 3. The van der Waals surface area contributed by atoms with E-state index in [1.807, 2.05) is 12.2 Å². The number of rotatable bonds is 2. The van der Waals surface area contributed by atoms with Gasteiger partial charge < -0.3 is 4.85 Å². The maximum absolute atomic E-state index is 7.66. The van der Waals surface area contributed by atoms with Crippen LogP contribution in [0.15, 0.2) is 35.0 Å². The molecule has 3 atom stereocenters. The average molecular weight is 301 g/mol. The lowest BCUT2D eigenvalue weighted by Gasteiger charge is -2.29. The molecule has 3 rings (SSSR count). The van der Waals surface area contributed by atoms with Gasteiger partial charge in [0, 0.05) is 5.56 Å². The first-order valence-electron chi connectivity index (χ1n) is 7.12. The highest BCUT2D eigenvalue weighted by Gasteiger charge is 2.43. The zero-order valence-electron chi connectivity index (χ0n) is 12.0. The van der Waals surface area contributed by atoms with E-state index in [9.17, 15) is 0 Å². The zero-order valence-corrected chi connectivity index (χ0v) is 12.8. The summed E-state index contributed by atoms with van der Waals surface area (Å²) in [6.45, 7) is 11.8. The Morgan fingerprint density at radius 3 is 2.95 bits per heavy atom. The molecular weight excluding hydrogens is 284 g/mol. The van der Waals surface area contributed by atoms with Crippen LogP contribution in [0.25, 0.3) is 4.85 Å². The number of nitrogens with one attached hydrogen (secondary N) is 1. The summed E-state index contributed by atoms with van der Waals surface area (Å²) in [5, 5.41) is 6.98. The Kier molecular flexibility index (Phi) is 3.69. The number of H-pyrrole nitrogens is 1. The van der Waals surface area contributed by atoms with Gasteiger partial charge in [0.2, 0.25) is 0 Å². The summed E-state index contributed by atoms with van der Waals surface area (Å²) in [4.78, 5) is 8.50. The topological polar surface area (TPSA) is 45.4 Å². The van der Waals surface area contributed by atoms with E-state index in [1.54, 1.807) is 6.20 Å². The SMILES string of the molecule is [C-]#[N+]C1C(C(C)C)=Nc2[nH]ncc2C1C1=CC=CCC1Cl. The first kappa shape index (κ1) is 14.1. The third-order valence-electron chi connectivity index (χ3n) is 4.06. The number of hydrogen-bond donors (Lipinski definition) is 1. The van der Waals surface area contributed by atoms with Crippen molar-refractivity contribution in [2.24, 2.45) is 10.9 Å². The second-order valence-electron chi connectivity index (χ2n) is 5.71. The third kappa shape index (κ3) is 2.32.